The number of nitrogens with two attached hydrogens (primary N) is 1. The molecule has 1 aromatic carbocycles. The zero-order chi connectivity index (χ0) is 26.1. The summed E-state index contributed by atoms with van der Waals surface area (Å²) in [6.07, 6.45) is 3.44. The van der Waals surface area contributed by atoms with Gasteiger partial charge in [-0.3, -0.25) is 9.78 Å². The van der Waals surface area contributed by atoms with Crippen molar-refractivity contribution < 1.29 is 14.3 Å². The largest absolute Gasteiger partial charge is 0.378 e. The molecule has 37 heavy (non-hydrogen) atoms. The maximum absolute atomic E-state index is 12.4. The standard InChI is InChI=1S/C25H33N9O3/c1-2-11-29-23-32-24(30-18-21-5-3-4-12-27-21)34-25(33-23)31-20-8-6-19(7-9-20)22(35)28-13-15-37-17-16-36-14-10-26/h2-9,12H,1,10-11,13-18,26H2,(H,28,35)(H3,29,30,31,32,33,34). The van der Waals surface area contributed by atoms with Gasteiger partial charge in [0.15, 0.2) is 0 Å². The third kappa shape index (κ3) is 10.2. The minimum atomic E-state index is -0.188. The van der Waals surface area contributed by atoms with Crippen LogP contribution >= 0.6 is 0 Å². The van der Waals surface area contributed by atoms with Gasteiger partial charge in [-0.1, -0.05) is 12.1 Å². The Labute approximate surface area is 216 Å². The molecule has 2 aromatic heterocycles. The maximum atomic E-state index is 12.4. The Morgan fingerprint density at radius 2 is 1.65 bits per heavy atom. The molecule has 2 heterocycles. The van der Waals surface area contributed by atoms with E-state index in [1.54, 1.807) is 36.5 Å². The summed E-state index contributed by atoms with van der Waals surface area (Å²) in [4.78, 5) is 29.9. The van der Waals surface area contributed by atoms with Crippen molar-refractivity contribution in [1.82, 2.24) is 25.3 Å². The van der Waals surface area contributed by atoms with Crippen molar-refractivity contribution >= 4 is 29.4 Å². The molecule has 3 rings (SSSR count). The second kappa shape index (κ2) is 15.8. The van der Waals surface area contributed by atoms with Crippen LogP contribution in [-0.2, 0) is 16.0 Å². The van der Waals surface area contributed by atoms with Gasteiger partial charge < -0.3 is 36.5 Å². The highest BCUT2D eigenvalue weighted by atomic mass is 16.5. The number of amides is 1. The number of hydrogen-bond donors (Lipinski definition) is 5. The zero-order valence-corrected chi connectivity index (χ0v) is 20.7. The molecular formula is C25H33N9O3. The van der Waals surface area contributed by atoms with Gasteiger partial charge in [0.1, 0.15) is 0 Å². The fourth-order valence-electron chi connectivity index (χ4n) is 3.00. The maximum Gasteiger partial charge on any atom is 0.251 e. The molecule has 0 bridgehead atoms. The van der Waals surface area contributed by atoms with Crippen molar-refractivity contribution in [2.24, 2.45) is 5.73 Å². The number of nitrogens with one attached hydrogen (secondary N) is 4. The van der Waals surface area contributed by atoms with Crippen LogP contribution in [0.1, 0.15) is 16.1 Å². The summed E-state index contributed by atoms with van der Waals surface area (Å²) in [5, 5.41) is 12.2. The van der Waals surface area contributed by atoms with E-state index in [0.717, 1.165) is 5.69 Å². The van der Waals surface area contributed by atoms with E-state index in [4.69, 9.17) is 15.2 Å². The molecule has 0 saturated carbocycles. The van der Waals surface area contributed by atoms with Gasteiger partial charge in [-0.15, -0.1) is 6.58 Å². The van der Waals surface area contributed by atoms with E-state index >= 15 is 0 Å². The molecule has 0 aliphatic heterocycles. The SMILES string of the molecule is C=CCNc1nc(NCc2ccccn2)nc(Nc2ccc(C(=O)NCCOCCOCCN)cc2)n1. The smallest absolute Gasteiger partial charge is 0.251 e. The van der Waals surface area contributed by atoms with Crippen molar-refractivity contribution in [3.05, 3.63) is 72.6 Å². The van der Waals surface area contributed by atoms with E-state index < -0.39 is 0 Å². The van der Waals surface area contributed by atoms with Crippen molar-refractivity contribution in [2.75, 3.05) is 62.0 Å². The van der Waals surface area contributed by atoms with Gasteiger partial charge in [-0.2, -0.15) is 15.0 Å². The molecule has 0 aliphatic rings. The predicted molar refractivity (Wildman–Crippen MR) is 143 cm³/mol. The quantitative estimate of drug-likeness (QED) is 0.134. The topological polar surface area (TPSA) is 161 Å². The summed E-state index contributed by atoms with van der Waals surface area (Å²) in [7, 11) is 0. The Bertz CT molecular complexity index is 1100. The van der Waals surface area contributed by atoms with Crippen LogP contribution in [-0.4, -0.2) is 71.9 Å². The Morgan fingerprint density at radius 1 is 0.919 bits per heavy atom. The van der Waals surface area contributed by atoms with E-state index in [1.807, 2.05) is 18.2 Å². The number of carbonyl (C=O) groups excluding carboxylic acids is 1. The van der Waals surface area contributed by atoms with Crippen molar-refractivity contribution in [1.29, 1.82) is 0 Å². The second-order valence-electron chi connectivity index (χ2n) is 7.62. The second-order valence-corrected chi connectivity index (χ2v) is 7.62. The van der Waals surface area contributed by atoms with Crippen LogP contribution < -0.4 is 27.0 Å². The van der Waals surface area contributed by atoms with Crippen LogP contribution in [0.4, 0.5) is 23.5 Å². The number of ether oxygens (including phenoxy) is 2. The highest BCUT2D eigenvalue weighted by Gasteiger charge is 2.09. The van der Waals surface area contributed by atoms with Gasteiger partial charge in [-0.05, 0) is 36.4 Å². The van der Waals surface area contributed by atoms with Crippen LogP contribution in [0.2, 0.25) is 0 Å². The molecule has 0 saturated heterocycles. The van der Waals surface area contributed by atoms with Gasteiger partial charge in [-0.25, -0.2) is 0 Å². The van der Waals surface area contributed by atoms with Crippen LogP contribution in [0.5, 0.6) is 0 Å². The first kappa shape index (κ1) is 27.5. The Kier molecular flexibility index (Phi) is 11.7. The number of carbonyl (C=O) groups is 1. The highest BCUT2D eigenvalue weighted by Crippen LogP contribution is 2.17. The molecule has 12 heteroatoms. The predicted octanol–water partition coefficient (Wildman–Crippen LogP) is 1.94. The van der Waals surface area contributed by atoms with Crippen LogP contribution in [0.3, 0.4) is 0 Å². The molecule has 0 aliphatic carbocycles. The average Bonchev–Trinajstić information content (AvgIpc) is 2.93. The van der Waals surface area contributed by atoms with Crippen LogP contribution in [0, 0.1) is 0 Å². The van der Waals surface area contributed by atoms with E-state index in [1.165, 1.54) is 0 Å². The summed E-state index contributed by atoms with van der Waals surface area (Å²) in [5.74, 6) is 0.936. The van der Waals surface area contributed by atoms with Crippen molar-refractivity contribution in [3.63, 3.8) is 0 Å². The minimum absolute atomic E-state index is 0.188. The molecule has 196 valence electrons. The van der Waals surface area contributed by atoms with E-state index in [-0.39, 0.29) is 5.91 Å². The number of nitrogens with zero attached hydrogens (tertiary/aromatic N) is 4. The lowest BCUT2D eigenvalue weighted by atomic mass is 10.2. The van der Waals surface area contributed by atoms with E-state index in [2.05, 4.69) is 47.8 Å². The Hall–Kier alpha value is -4.13. The highest BCUT2D eigenvalue weighted by molar-refractivity contribution is 5.94. The molecule has 0 radical (unpaired) electrons. The molecule has 0 atom stereocenters. The normalized spacial score (nSPS) is 10.5. The first-order valence-electron chi connectivity index (χ1n) is 11.9. The van der Waals surface area contributed by atoms with Gasteiger partial charge in [0.05, 0.1) is 38.7 Å². The van der Waals surface area contributed by atoms with Crippen LogP contribution in [0.15, 0.2) is 61.3 Å². The molecule has 6 N–H and O–H groups in total. The number of pyridine rings is 1. The lowest BCUT2D eigenvalue weighted by molar-refractivity contribution is 0.0511. The van der Waals surface area contributed by atoms with Crippen molar-refractivity contribution in [3.8, 4) is 0 Å². The lowest BCUT2D eigenvalue weighted by Gasteiger charge is -2.11. The van der Waals surface area contributed by atoms with Gasteiger partial charge in [0, 0.05) is 37.1 Å². The third-order valence-corrected chi connectivity index (χ3v) is 4.76. The minimum Gasteiger partial charge on any atom is -0.378 e. The fourth-order valence-corrected chi connectivity index (χ4v) is 3.00. The van der Waals surface area contributed by atoms with E-state index in [0.29, 0.717) is 81.7 Å². The number of benzene rings is 1. The summed E-state index contributed by atoms with van der Waals surface area (Å²) in [5.41, 5.74) is 7.45. The summed E-state index contributed by atoms with van der Waals surface area (Å²) >= 11 is 0. The molecule has 0 spiro atoms. The third-order valence-electron chi connectivity index (χ3n) is 4.76. The average molecular weight is 508 g/mol. The number of rotatable bonds is 17. The lowest BCUT2D eigenvalue weighted by Crippen LogP contribution is -2.27. The first-order valence-corrected chi connectivity index (χ1v) is 11.9. The number of hydrogen-bond acceptors (Lipinski definition) is 11. The summed E-state index contributed by atoms with van der Waals surface area (Å²) in [6, 6.07) is 12.7. The monoisotopic (exact) mass is 507 g/mol. The van der Waals surface area contributed by atoms with Gasteiger partial charge >= 0.3 is 0 Å². The van der Waals surface area contributed by atoms with Crippen LogP contribution in [0.25, 0.3) is 0 Å². The molecular weight excluding hydrogens is 474 g/mol. The summed E-state index contributed by atoms with van der Waals surface area (Å²) < 4.78 is 10.6. The Morgan fingerprint density at radius 3 is 2.35 bits per heavy atom. The number of anilines is 4. The molecule has 0 fully saturated rings. The first-order chi connectivity index (χ1) is 18.2. The molecule has 3 aromatic rings. The molecule has 0 unspecified atom stereocenters. The molecule has 12 nitrogen and oxygen atoms in total. The fraction of sp³-hybridized carbons (Fsp3) is 0.320. The van der Waals surface area contributed by atoms with Crippen molar-refractivity contribution in [2.45, 2.75) is 6.54 Å². The van der Waals surface area contributed by atoms with Gasteiger partial charge in [0.2, 0.25) is 17.8 Å². The molecule has 1 amide bonds. The summed E-state index contributed by atoms with van der Waals surface area (Å²) in [6.45, 7) is 7.40. The zero-order valence-electron chi connectivity index (χ0n) is 20.7. The van der Waals surface area contributed by atoms with Gasteiger partial charge in [0.25, 0.3) is 5.91 Å². The number of aromatic nitrogens is 4. The van der Waals surface area contributed by atoms with E-state index in [9.17, 15) is 4.79 Å². The Balaban J connectivity index is 1.53.